The largest absolute Gasteiger partial charge is 0.380 e. The van der Waals surface area contributed by atoms with Gasteiger partial charge in [0.1, 0.15) is 6.26 Å². The van der Waals surface area contributed by atoms with Gasteiger partial charge in [-0.2, -0.15) is 0 Å². The topological polar surface area (TPSA) is 66.1 Å². The predicted octanol–water partition coefficient (Wildman–Crippen LogP) is 1.80. The van der Waals surface area contributed by atoms with E-state index in [1.165, 1.54) is 6.42 Å². The van der Waals surface area contributed by atoms with E-state index in [2.05, 4.69) is 32.2 Å². The number of piperazine rings is 1. The zero-order valence-corrected chi connectivity index (χ0v) is 17.1. The summed E-state index contributed by atoms with van der Waals surface area (Å²) in [5.74, 6) is 0.963. The van der Waals surface area contributed by atoms with Gasteiger partial charge in [-0.25, -0.2) is 0 Å². The van der Waals surface area contributed by atoms with Crippen molar-refractivity contribution >= 4 is 29.9 Å². The van der Waals surface area contributed by atoms with Gasteiger partial charge in [0.25, 0.3) is 0 Å². The van der Waals surface area contributed by atoms with Gasteiger partial charge in [0, 0.05) is 59.0 Å². The summed E-state index contributed by atoms with van der Waals surface area (Å²) in [6.07, 6.45) is 3.93. The monoisotopic (exact) mass is 451 g/mol. The smallest absolute Gasteiger partial charge is 0.193 e. The number of hydrogen-bond acceptors (Lipinski definition) is 5. The number of nitrogens with one attached hydrogen (secondary N) is 1. The number of aliphatic imine (C=N–C) groups is 1. The number of halogens is 1. The third-order valence-corrected chi connectivity index (χ3v) is 3.93. The van der Waals surface area contributed by atoms with Crippen molar-refractivity contribution in [3.63, 3.8) is 0 Å². The molecule has 0 amide bonds. The number of unbranched alkanes of at least 4 members (excludes halogenated alkanes) is 1. The number of nitrogens with zero attached hydrogens (tertiary/aromatic N) is 4. The van der Waals surface area contributed by atoms with E-state index in [-0.39, 0.29) is 24.0 Å². The Morgan fingerprint density at radius 3 is 2.75 bits per heavy atom. The lowest BCUT2D eigenvalue weighted by Gasteiger charge is -2.36. The zero-order valence-electron chi connectivity index (χ0n) is 14.7. The van der Waals surface area contributed by atoms with Gasteiger partial charge in [-0.05, 0) is 6.42 Å². The predicted molar refractivity (Wildman–Crippen MR) is 106 cm³/mol. The number of rotatable bonds is 8. The van der Waals surface area contributed by atoms with E-state index in [1.54, 1.807) is 6.26 Å². The van der Waals surface area contributed by atoms with E-state index in [0.717, 1.165) is 70.6 Å². The van der Waals surface area contributed by atoms with E-state index in [1.807, 2.05) is 13.1 Å². The van der Waals surface area contributed by atoms with E-state index in [0.29, 0.717) is 0 Å². The molecule has 1 saturated heterocycles. The Balaban J connectivity index is 0.00000288. The minimum atomic E-state index is 0. The van der Waals surface area contributed by atoms with Crippen molar-refractivity contribution in [2.24, 2.45) is 4.99 Å². The highest BCUT2D eigenvalue weighted by atomic mass is 127. The fourth-order valence-electron chi connectivity index (χ4n) is 2.58. The van der Waals surface area contributed by atoms with Crippen LogP contribution in [-0.2, 0) is 11.3 Å². The van der Waals surface area contributed by atoms with Gasteiger partial charge in [-0.1, -0.05) is 18.5 Å². The van der Waals surface area contributed by atoms with Gasteiger partial charge in [0.2, 0.25) is 0 Å². The third kappa shape index (κ3) is 7.35. The summed E-state index contributed by atoms with van der Waals surface area (Å²) in [6.45, 7) is 9.33. The minimum absolute atomic E-state index is 0. The first kappa shape index (κ1) is 21.2. The van der Waals surface area contributed by atoms with E-state index >= 15 is 0 Å². The molecule has 8 heteroatoms. The Hall–Kier alpha value is -0.870. The zero-order chi connectivity index (χ0) is 16.3. The Morgan fingerprint density at radius 2 is 2.12 bits per heavy atom. The first-order chi connectivity index (χ1) is 11.3. The van der Waals surface area contributed by atoms with Crippen molar-refractivity contribution in [2.75, 3.05) is 53.0 Å². The van der Waals surface area contributed by atoms with E-state index in [4.69, 9.17) is 9.26 Å². The quantitative estimate of drug-likeness (QED) is 0.282. The van der Waals surface area contributed by atoms with Crippen molar-refractivity contribution in [1.82, 2.24) is 20.3 Å². The molecule has 1 aromatic rings. The van der Waals surface area contributed by atoms with Crippen molar-refractivity contribution < 1.29 is 9.26 Å². The van der Waals surface area contributed by atoms with Crippen LogP contribution in [0.25, 0.3) is 0 Å². The average Bonchev–Trinajstić information content (AvgIpc) is 3.08. The number of aromatic nitrogens is 1. The molecule has 0 unspecified atom stereocenters. The molecule has 24 heavy (non-hydrogen) atoms. The van der Waals surface area contributed by atoms with Crippen LogP contribution < -0.4 is 5.32 Å². The van der Waals surface area contributed by atoms with Crippen LogP contribution in [0.4, 0.5) is 0 Å². The fraction of sp³-hybridized carbons (Fsp3) is 0.750. The molecule has 0 radical (unpaired) electrons. The second-order valence-corrected chi connectivity index (χ2v) is 5.69. The summed E-state index contributed by atoms with van der Waals surface area (Å²) in [4.78, 5) is 9.06. The molecule has 7 nitrogen and oxygen atoms in total. The van der Waals surface area contributed by atoms with Crippen LogP contribution in [-0.4, -0.2) is 73.9 Å². The summed E-state index contributed by atoms with van der Waals surface area (Å²) < 4.78 is 10.5. The highest BCUT2D eigenvalue weighted by Crippen LogP contribution is 2.07. The molecule has 0 saturated carbocycles. The maximum atomic E-state index is 5.57. The molecule has 0 spiro atoms. The Morgan fingerprint density at radius 1 is 1.33 bits per heavy atom. The molecular weight excluding hydrogens is 421 g/mol. The summed E-state index contributed by atoms with van der Waals surface area (Å²) in [5, 5.41) is 7.35. The Bertz CT molecular complexity index is 447. The van der Waals surface area contributed by atoms with Gasteiger partial charge in [0.05, 0.1) is 12.3 Å². The molecule has 1 fully saturated rings. The molecule has 1 aliphatic rings. The summed E-state index contributed by atoms with van der Waals surface area (Å²) in [6, 6.07) is 1.92. The lowest BCUT2D eigenvalue weighted by atomic mass is 10.3. The fourth-order valence-corrected chi connectivity index (χ4v) is 2.58. The summed E-state index contributed by atoms with van der Waals surface area (Å²) in [7, 11) is 1.84. The molecule has 0 aliphatic carbocycles. The molecule has 0 aromatic carbocycles. The third-order valence-electron chi connectivity index (χ3n) is 3.93. The molecule has 0 bridgehead atoms. The van der Waals surface area contributed by atoms with Crippen LogP contribution in [0.1, 0.15) is 25.5 Å². The first-order valence-electron chi connectivity index (χ1n) is 8.48. The molecule has 2 heterocycles. The van der Waals surface area contributed by atoms with Crippen LogP contribution in [0, 0.1) is 0 Å². The van der Waals surface area contributed by atoms with E-state index in [9.17, 15) is 0 Å². The Kier molecular flexibility index (Phi) is 11.0. The molecule has 0 atom stereocenters. The lowest BCUT2D eigenvalue weighted by Crippen LogP contribution is -2.52. The maximum Gasteiger partial charge on any atom is 0.193 e. The lowest BCUT2D eigenvalue weighted by molar-refractivity contribution is 0.134. The van der Waals surface area contributed by atoms with Crippen molar-refractivity contribution in [3.8, 4) is 0 Å². The molecule has 1 aromatic heterocycles. The minimum Gasteiger partial charge on any atom is -0.380 e. The van der Waals surface area contributed by atoms with Crippen LogP contribution in [0.5, 0.6) is 0 Å². The normalized spacial score (nSPS) is 16.1. The molecular formula is C16H30IN5O2. The van der Waals surface area contributed by atoms with Crippen LogP contribution >= 0.6 is 24.0 Å². The van der Waals surface area contributed by atoms with Crippen LogP contribution in [0.15, 0.2) is 21.8 Å². The van der Waals surface area contributed by atoms with Gasteiger partial charge in [-0.15, -0.1) is 24.0 Å². The van der Waals surface area contributed by atoms with Gasteiger partial charge >= 0.3 is 0 Å². The van der Waals surface area contributed by atoms with Crippen molar-refractivity contribution in [1.29, 1.82) is 0 Å². The Labute approximate surface area is 161 Å². The van der Waals surface area contributed by atoms with Gasteiger partial charge < -0.3 is 19.5 Å². The number of guanidine groups is 1. The van der Waals surface area contributed by atoms with Crippen LogP contribution in [0.3, 0.4) is 0 Å². The first-order valence-corrected chi connectivity index (χ1v) is 8.48. The van der Waals surface area contributed by atoms with Crippen LogP contribution in [0.2, 0.25) is 0 Å². The summed E-state index contributed by atoms with van der Waals surface area (Å²) >= 11 is 0. The van der Waals surface area contributed by atoms with Gasteiger partial charge in [0.15, 0.2) is 5.96 Å². The summed E-state index contributed by atoms with van der Waals surface area (Å²) in [5.41, 5.74) is 0.991. The standard InChI is InChI=1S/C16H29N5O2.HI/c1-3-4-11-22-13-6-18-16(17-2)21-9-7-20(8-10-21)14-15-5-12-23-19-15;/h5,12H,3-4,6-11,13-14H2,1-2H3,(H,17,18);1H. The second kappa shape index (κ2) is 12.5. The molecule has 1 N–H and O–H groups in total. The van der Waals surface area contributed by atoms with E-state index < -0.39 is 0 Å². The molecule has 1 aliphatic heterocycles. The molecule has 138 valence electrons. The van der Waals surface area contributed by atoms with Gasteiger partial charge in [-0.3, -0.25) is 9.89 Å². The SMILES string of the molecule is CCCCOCCNC(=NC)N1CCN(Cc2ccon2)CC1.I. The molecule has 2 rings (SSSR count). The highest BCUT2D eigenvalue weighted by molar-refractivity contribution is 14.0. The maximum absolute atomic E-state index is 5.57. The van der Waals surface area contributed by atoms with Crippen molar-refractivity contribution in [2.45, 2.75) is 26.3 Å². The number of hydrogen-bond donors (Lipinski definition) is 1. The average molecular weight is 451 g/mol. The number of ether oxygens (including phenoxy) is 1. The second-order valence-electron chi connectivity index (χ2n) is 5.69. The van der Waals surface area contributed by atoms with Crippen molar-refractivity contribution in [3.05, 3.63) is 18.0 Å². The highest BCUT2D eigenvalue weighted by Gasteiger charge is 2.19.